The molecule has 2 saturated heterocycles. The first-order chi connectivity index (χ1) is 21.8. The number of rotatable bonds is 2. The smallest absolute Gasteiger partial charge is 0.410 e. The van der Waals surface area contributed by atoms with Crippen molar-refractivity contribution in [2.75, 3.05) is 13.1 Å². The fourth-order valence-corrected chi connectivity index (χ4v) is 6.46. The van der Waals surface area contributed by atoms with Crippen molar-refractivity contribution in [2.45, 2.75) is 110 Å². The monoisotopic (exact) mass is 623 g/mol. The van der Waals surface area contributed by atoms with Crippen LogP contribution in [0.5, 0.6) is 0 Å². The summed E-state index contributed by atoms with van der Waals surface area (Å²) in [5.74, 6) is 7.39. The Labute approximate surface area is 271 Å². The first kappa shape index (κ1) is 31.7. The molecule has 3 aliphatic heterocycles. The highest BCUT2D eigenvalue weighted by Gasteiger charge is 2.36. The van der Waals surface area contributed by atoms with E-state index in [2.05, 4.69) is 22.9 Å². The number of aromatic nitrogens is 2. The second-order valence-electron chi connectivity index (χ2n) is 14.6. The van der Waals surface area contributed by atoms with Crippen LogP contribution in [0.2, 0.25) is 0 Å². The molecular weight excluding hydrogens is 578 g/mol. The van der Waals surface area contributed by atoms with Crippen molar-refractivity contribution in [2.24, 2.45) is 4.99 Å². The van der Waals surface area contributed by atoms with Gasteiger partial charge in [0.2, 0.25) is 0 Å². The topological polar surface area (TPSA) is 100 Å². The number of carbonyl (C=O) groups excluding carboxylic acids is 2. The van der Waals surface area contributed by atoms with Gasteiger partial charge in [-0.3, -0.25) is 14.8 Å². The van der Waals surface area contributed by atoms with Crippen LogP contribution < -0.4 is 0 Å². The number of piperidine rings is 2. The summed E-state index contributed by atoms with van der Waals surface area (Å²) in [6, 6.07) is 12.0. The molecule has 6 rings (SSSR count). The van der Waals surface area contributed by atoms with Crippen LogP contribution in [-0.2, 0) is 15.9 Å². The van der Waals surface area contributed by atoms with E-state index in [0.29, 0.717) is 13.1 Å². The van der Waals surface area contributed by atoms with Gasteiger partial charge in [0.1, 0.15) is 17.0 Å². The summed E-state index contributed by atoms with van der Waals surface area (Å²) in [5, 5.41) is 0. The highest BCUT2D eigenvalue weighted by molar-refractivity contribution is 5.99. The SMILES string of the molecule is CC(C)(C)OC(=O)N1CCCC[C@H]1C1=Nc2cc(C#Cc3ccc4nc([C@@H]5CCCCN5C(=O)OC(C)(C)C)[nH]c4c3)ccc2C1. The molecule has 9 nitrogen and oxygen atoms in total. The number of H-pyrrole nitrogens is 1. The zero-order valence-electron chi connectivity index (χ0n) is 27.9. The number of aromatic amines is 1. The third-order valence-electron chi connectivity index (χ3n) is 8.53. The van der Waals surface area contributed by atoms with Crippen LogP contribution in [0.4, 0.5) is 15.3 Å². The van der Waals surface area contributed by atoms with E-state index in [1.165, 1.54) is 0 Å². The van der Waals surface area contributed by atoms with E-state index < -0.39 is 11.2 Å². The Hall–Kier alpha value is -4.32. The second kappa shape index (κ2) is 12.5. The number of likely N-dealkylation sites (tertiary alicyclic amines) is 2. The van der Waals surface area contributed by atoms with E-state index in [0.717, 1.165) is 89.9 Å². The number of hydrogen-bond donors (Lipinski definition) is 1. The summed E-state index contributed by atoms with van der Waals surface area (Å²) < 4.78 is 11.4. The Morgan fingerprint density at radius 3 is 2.04 bits per heavy atom. The Balaban J connectivity index is 1.18. The van der Waals surface area contributed by atoms with Crippen molar-refractivity contribution < 1.29 is 19.1 Å². The first-order valence-electron chi connectivity index (χ1n) is 16.5. The molecule has 0 unspecified atom stereocenters. The van der Waals surface area contributed by atoms with Gasteiger partial charge in [-0.2, -0.15) is 0 Å². The minimum absolute atomic E-state index is 0.0404. The number of amides is 2. The fourth-order valence-electron chi connectivity index (χ4n) is 6.46. The molecule has 4 heterocycles. The van der Waals surface area contributed by atoms with E-state index in [1.54, 1.807) is 4.90 Å². The summed E-state index contributed by atoms with van der Waals surface area (Å²) >= 11 is 0. The normalized spacial score (nSPS) is 20.1. The molecule has 242 valence electrons. The molecular formula is C37H45N5O4. The Morgan fingerprint density at radius 2 is 1.39 bits per heavy atom. The minimum atomic E-state index is -0.549. The summed E-state index contributed by atoms with van der Waals surface area (Å²) in [6.07, 6.45) is 5.95. The third kappa shape index (κ3) is 7.22. The highest BCUT2D eigenvalue weighted by atomic mass is 16.6. The number of aliphatic imine (C=N–C) groups is 1. The van der Waals surface area contributed by atoms with Gasteiger partial charge in [-0.1, -0.05) is 17.9 Å². The second-order valence-corrected chi connectivity index (χ2v) is 14.6. The number of carbonyl (C=O) groups is 2. The van der Waals surface area contributed by atoms with Crippen molar-refractivity contribution in [3.05, 3.63) is 58.9 Å². The Kier molecular flexibility index (Phi) is 8.58. The quantitative estimate of drug-likeness (QED) is 0.293. The molecule has 9 heteroatoms. The number of benzene rings is 2. The van der Waals surface area contributed by atoms with Crippen molar-refractivity contribution in [3.8, 4) is 11.8 Å². The van der Waals surface area contributed by atoms with Gasteiger partial charge in [0.15, 0.2) is 0 Å². The lowest BCUT2D eigenvalue weighted by molar-refractivity contribution is 0.00845. The van der Waals surface area contributed by atoms with E-state index in [4.69, 9.17) is 19.5 Å². The lowest BCUT2D eigenvalue weighted by atomic mass is 9.95. The van der Waals surface area contributed by atoms with Gasteiger partial charge in [0.05, 0.1) is 28.8 Å². The standard InChI is InChI=1S/C37H45N5O4/c1-36(2,3)45-34(43)41-19-9-7-11-31(41)30-23-26-17-15-24(21-28(26)38-30)13-14-25-16-18-27-29(22-25)40-33(39-27)32-12-8-10-20-42(32)35(44)46-37(4,5)6/h15-18,21-22,31-32H,7-12,19-20,23H2,1-6H3,(H,39,40)/t31-,32-/m0/s1. The summed E-state index contributed by atoms with van der Waals surface area (Å²) in [6.45, 7) is 12.7. The molecule has 0 aliphatic carbocycles. The number of nitrogens with one attached hydrogen (secondary N) is 1. The van der Waals surface area contributed by atoms with Gasteiger partial charge in [-0.15, -0.1) is 0 Å². The van der Waals surface area contributed by atoms with Gasteiger partial charge in [-0.25, -0.2) is 14.6 Å². The zero-order chi connectivity index (χ0) is 32.6. The maximum atomic E-state index is 13.0. The molecule has 2 fully saturated rings. The molecule has 0 radical (unpaired) electrons. The molecule has 2 aromatic carbocycles. The molecule has 1 aromatic heterocycles. The van der Waals surface area contributed by atoms with Crippen LogP contribution in [0, 0.1) is 11.8 Å². The Bertz CT molecular complexity index is 1730. The van der Waals surface area contributed by atoms with Gasteiger partial charge in [-0.05, 0) is 116 Å². The van der Waals surface area contributed by atoms with Crippen molar-refractivity contribution in [3.63, 3.8) is 0 Å². The summed E-state index contributed by atoms with van der Waals surface area (Å²) in [4.78, 5) is 42.9. The van der Waals surface area contributed by atoms with Gasteiger partial charge in [0, 0.05) is 36.3 Å². The maximum Gasteiger partial charge on any atom is 0.410 e. The van der Waals surface area contributed by atoms with E-state index in [-0.39, 0.29) is 24.3 Å². The molecule has 0 bridgehead atoms. The van der Waals surface area contributed by atoms with Crippen LogP contribution in [0.1, 0.15) is 109 Å². The van der Waals surface area contributed by atoms with Crippen molar-refractivity contribution in [1.82, 2.24) is 19.8 Å². The van der Waals surface area contributed by atoms with Gasteiger partial charge >= 0.3 is 12.2 Å². The largest absolute Gasteiger partial charge is 0.444 e. The van der Waals surface area contributed by atoms with Crippen molar-refractivity contribution in [1.29, 1.82) is 0 Å². The molecule has 3 aliphatic rings. The molecule has 0 saturated carbocycles. The van der Waals surface area contributed by atoms with Crippen LogP contribution >= 0.6 is 0 Å². The van der Waals surface area contributed by atoms with Crippen LogP contribution in [0.25, 0.3) is 11.0 Å². The average Bonchev–Trinajstić information content (AvgIpc) is 3.62. The molecule has 3 aromatic rings. The van der Waals surface area contributed by atoms with Gasteiger partial charge in [0.25, 0.3) is 0 Å². The molecule has 2 atom stereocenters. The lowest BCUT2D eigenvalue weighted by Crippen LogP contribution is -2.49. The van der Waals surface area contributed by atoms with E-state index in [1.807, 2.05) is 76.8 Å². The van der Waals surface area contributed by atoms with Gasteiger partial charge < -0.3 is 14.5 Å². The molecule has 0 spiro atoms. The summed E-state index contributed by atoms with van der Waals surface area (Å²) in [7, 11) is 0. The molecule has 46 heavy (non-hydrogen) atoms. The number of imidazole rings is 1. The minimum Gasteiger partial charge on any atom is -0.444 e. The average molecular weight is 624 g/mol. The number of ether oxygens (including phenoxy) is 2. The maximum absolute atomic E-state index is 13.0. The van der Waals surface area contributed by atoms with E-state index in [9.17, 15) is 9.59 Å². The zero-order valence-corrected chi connectivity index (χ0v) is 27.9. The lowest BCUT2D eigenvalue weighted by Gasteiger charge is -2.36. The first-order valence-corrected chi connectivity index (χ1v) is 16.5. The van der Waals surface area contributed by atoms with E-state index >= 15 is 0 Å². The number of nitrogens with zero attached hydrogens (tertiary/aromatic N) is 4. The molecule has 1 N–H and O–H groups in total. The third-order valence-corrected chi connectivity index (χ3v) is 8.53. The number of fused-ring (bicyclic) bond motifs is 2. The fraction of sp³-hybridized carbons (Fsp3) is 0.514. The summed E-state index contributed by atoms with van der Waals surface area (Å²) in [5.41, 5.74) is 5.51. The Morgan fingerprint density at radius 1 is 0.804 bits per heavy atom. The predicted octanol–water partition coefficient (Wildman–Crippen LogP) is 7.84. The predicted molar refractivity (Wildman–Crippen MR) is 179 cm³/mol. The van der Waals surface area contributed by atoms with Crippen molar-refractivity contribution >= 4 is 34.6 Å². The van der Waals surface area contributed by atoms with Crippen LogP contribution in [-0.4, -0.2) is 68.0 Å². The highest BCUT2D eigenvalue weighted by Crippen LogP contribution is 2.34. The van der Waals surface area contributed by atoms with Crippen LogP contribution in [0.15, 0.2) is 41.4 Å². The number of hydrogen-bond acceptors (Lipinski definition) is 6. The molecule has 2 amide bonds. The van der Waals surface area contributed by atoms with Crippen LogP contribution in [0.3, 0.4) is 0 Å².